The number of amides is 1. The molecule has 0 aromatic heterocycles. The maximum Gasteiger partial charge on any atom is 0.299 e. The third kappa shape index (κ3) is 3.06. The fraction of sp³-hybridized carbons (Fsp3) is 0.385. The standard InChI is InChI=1S/C13H14N2O6/c1-20-6-7-21-5-4-14-11-3-2-9(15(18)19)8-10(11)12(16)13(14)17/h2-3,8H,4-7H2,1H3. The molecule has 1 aromatic carbocycles. The van der Waals surface area contributed by atoms with E-state index in [-0.39, 0.29) is 24.4 Å². The van der Waals surface area contributed by atoms with Crippen LogP contribution in [0, 0.1) is 10.1 Å². The van der Waals surface area contributed by atoms with E-state index >= 15 is 0 Å². The van der Waals surface area contributed by atoms with Crippen LogP contribution in [0.1, 0.15) is 10.4 Å². The first-order chi connectivity index (χ1) is 10.1. The van der Waals surface area contributed by atoms with Gasteiger partial charge in [0.15, 0.2) is 0 Å². The number of nitrogens with zero attached hydrogens (tertiary/aromatic N) is 2. The summed E-state index contributed by atoms with van der Waals surface area (Å²) in [5.41, 5.74) is 0.227. The number of non-ortho nitro benzene ring substituents is 1. The predicted octanol–water partition coefficient (Wildman–Crippen LogP) is 0.787. The number of methoxy groups -OCH3 is 1. The maximum absolute atomic E-state index is 11.9. The summed E-state index contributed by atoms with van der Waals surface area (Å²) in [7, 11) is 1.55. The zero-order chi connectivity index (χ0) is 15.4. The van der Waals surface area contributed by atoms with Crippen LogP contribution < -0.4 is 4.90 Å². The van der Waals surface area contributed by atoms with Gasteiger partial charge in [-0.3, -0.25) is 19.7 Å². The largest absolute Gasteiger partial charge is 0.382 e. The van der Waals surface area contributed by atoms with Crippen molar-refractivity contribution in [1.29, 1.82) is 0 Å². The highest BCUT2D eigenvalue weighted by Crippen LogP contribution is 2.31. The van der Waals surface area contributed by atoms with Crippen LogP contribution in [0.25, 0.3) is 0 Å². The summed E-state index contributed by atoms with van der Waals surface area (Å²) in [6.45, 7) is 1.28. The second-order valence-electron chi connectivity index (χ2n) is 4.35. The van der Waals surface area contributed by atoms with Gasteiger partial charge >= 0.3 is 0 Å². The SMILES string of the molecule is COCCOCCN1C(=O)C(=O)c2cc([N+](=O)[O-])ccc21. The molecule has 0 radical (unpaired) electrons. The molecular formula is C13H14N2O6. The van der Waals surface area contributed by atoms with Crippen molar-refractivity contribution >= 4 is 23.1 Å². The number of Topliss-reactive ketones (excluding diaryl/α,β-unsaturated/α-hetero) is 1. The van der Waals surface area contributed by atoms with Gasteiger partial charge in [-0.25, -0.2) is 0 Å². The molecule has 1 aliphatic heterocycles. The Morgan fingerprint density at radius 2 is 2.00 bits per heavy atom. The lowest BCUT2D eigenvalue weighted by Crippen LogP contribution is -2.33. The van der Waals surface area contributed by atoms with Gasteiger partial charge in [0, 0.05) is 25.8 Å². The Hall–Kier alpha value is -2.32. The van der Waals surface area contributed by atoms with Crippen molar-refractivity contribution in [2.75, 3.05) is 38.4 Å². The smallest absolute Gasteiger partial charge is 0.299 e. The van der Waals surface area contributed by atoms with Gasteiger partial charge in [-0.05, 0) is 6.07 Å². The average molecular weight is 294 g/mol. The van der Waals surface area contributed by atoms with E-state index in [1.165, 1.54) is 17.0 Å². The van der Waals surface area contributed by atoms with E-state index in [1.54, 1.807) is 7.11 Å². The highest BCUT2D eigenvalue weighted by Gasteiger charge is 2.36. The van der Waals surface area contributed by atoms with Crippen LogP contribution >= 0.6 is 0 Å². The van der Waals surface area contributed by atoms with E-state index in [0.29, 0.717) is 18.9 Å². The van der Waals surface area contributed by atoms with Gasteiger partial charge in [0.25, 0.3) is 17.4 Å². The zero-order valence-electron chi connectivity index (χ0n) is 11.4. The number of benzene rings is 1. The lowest BCUT2D eigenvalue weighted by molar-refractivity contribution is -0.384. The van der Waals surface area contributed by atoms with E-state index in [4.69, 9.17) is 9.47 Å². The van der Waals surface area contributed by atoms with Crippen molar-refractivity contribution in [2.45, 2.75) is 0 Å². The highest BCUT2D eigenvalue weighted by molar-refractivity contribution is 6.52. The first-order valence-electron chi connectivity index (χ1n) is 6.27. The fourth-order valence-corrected chi connectivity index (χ4v) is 2.02. The van der Waals surface area contributed by atoms with Gasteiger partial charge in [-0.15, -0.1) is 0 Å². The van der Waals surface area contributed by atoms with Crippen molar-refractivity contribution < 1.29 is 24.0 Å². The molecule has 0 atom stereocenters. The molecule has 1 amide bonds. The van der Waals surface area contributed by atoms with Crippen molar-refractivity contribution in [3.05, 3.63) is 33.9 Å². The molecule has 8 nitrogen and oxygen atoms in total. The number of anilines is 1. The third-order valence-electron chi connectivity index (χ3n) is 3.06. The monoisotopic (exact) mass is 294 g/mol. The Morgan fingerprint density at radius 1 is 1.24 bits per heavy atom. The molecule has 0 saturated heterocycles. The molecule has 112 valence electrons. The van der Waals surface area contributed by atoms with Gasteiger partial charge in [0.2, 0.25) is 0 Å². The second kappa shape index (κ2) is 6.42. The van der Waals surface area contributed by atoms with Gasteiger partial charge in [0.1, 0.15) is 0 Å². The van der Waals surface area contributed by atoms with Gasteiger partial charge in [0.05, 0.1) is 36.0 Å². The predicted molar refractivity (Wildman–Crippen MR) is 72.5 cm³/mol. The summed E-state index contributed by atoms with van der Waals surface area (Å²) in [5, 5.41) is 10.7. The van der Waals surface area contributed by atoms with Crippen molar-refractivity contribution in [2.24, 2.45) is 0 Å². The lowest BCUT2D eigenvalue weighted by Gasteiger charge is -2.16. The van der Waals surface area contributed by atoms with Gasteiger partial charge in [-0.2, -0.15) is 0 Å². The molecule has 0 N–H and O–H groups in total. The summed E-state index contributed by atoms with van der Waals surface area (Å²) < 4.78 is 10.1. The Kier molecular flexibility index (Phi) is 4.61. The summed E-state index contributed by atoms with van der Waals surface area (Å²) in [6, 6.07) is 3.80. The number of ether oxygens (including phenoxy) is 2. The minimum atomic E-state index is -0.731. The molecule has 0 spiro atoms. The number of rotatable bonds is 7. The maximum atomic E-state index is 11.9. The Bertz CT molecular complexity index is 586. The normalized spacial score (nSPS) is 13.7. The van der Waals surface area contributed by atoms with E-state index in [2.05, 4.69) is 0 Å². The number of carbonyl (C=O) groups excluding carboxylic acids is 2. The molecule has 1 heterocycles. The molecule has 2 rings (SSSR count). The topological polar surface area (TPSA) is 99.0 Å². The molecule has 1 aliphatic rings. The molecule has 1 aromatic rings. The van der Waals surface area contributed by atoms with Crippen LogP contribution in [-0.4, -0.2) is 50.1 Å². The molecule has 0 bridgehead atoms. The first-order valence-corrected chi connectivity index (χ1v) is 6.27. The Labute approximate surface area is 120 Å². The molecule has 0 unspecified atom stereocenters. The van der Waals surface area contributed by atoms with Crippen molar-refractivity contribution in [3.8, 4) is 0 Å². The van der Waals surface area contributed by atoms with Crippen molar-refractivity contribution in [1.82, 2.24) is 0 Å². The Balaban J connectivity index is 2.10. The number of fused-ring (bicyclic) bond motifs is 1. The van der Waals surface area contributed by atoms with Crippen LogP contribution in [0.3, 0.4) is 0 Å². The van der Waals surface area contributed by atoms with Crippen LogP contribution in [0.5, 0.6) is 0 Å². The number of hydrogen-bond donors (Lipinski definition) is 0. The van der Waals surface area contributed by atoms with Crippen LogP contribution in [0.2, 0.25) is 0 Å². The van der Waals surface area contributed by atoms with E-state index < -0.39 is 16.6 Å². The van der Waals surface area contributed by atoms with Crippen LogP contribution in [0.4, 0.5) is 11.4 Å². The highest BCUT2D eigenvalue weighted by atomic mass is 16.6. The molecule has 0 saturated carbocycles. The van der Waals surface area contributed by atoms with Crippen LogP contribution in [0.15, 0.2) is 18.2 Å². The summed E-state index contributed by atoms with van der Waals surface area (Å²) in [4.78, 5) is 35.1. The van der Waals surface area contributed by atoms with E-state index in [0.717, 1.165) is 6.07 Å². The summed E-state index contributed by atoms with van der Waals surface area (Å²) in [5.74, 6) is -1.42. The zero-order valence-corrected chi connectivity index (χ0v) is 11.4. The minimum absolute atomic E-state index is 0.0612. The average Bonchev–Trinajstić information content (AvgIpc) is 2.71. The molecule has 0 aliphatic carbocycles. The van der Waals surface area contributed by atoms with Gasteiger partial charge < -0.3 is 14.4 Å². The number of hydrogen-bond acceptors (Lipinski definition) is 6. The summed E-state index contributed by atoms with van der Waals surface area (Å²) >= 11 is 0. The Morgan fingerprint density at radius 3 is 2.67 bits per heavy atom. The van der Waals surface area contributed by atoms with Crippen LogP contribution in [-0.2, 0) is 14.3 Å². The molecular weight excluding hydrogens is 280 g/mol. The summed E-state index contributed by atoms with van der Waals surface area (Å²) in [6.07, 6.45) is 0. The number of carbonyl (C=O) groups is 2. The fourth-order valence-electron chi connectivity index (χ4n) is 2.02. The quantitative estimate of drug-likeness (QED) is 0.319. The first kappa shape index (κ1) is 15.1. The number of ketones is 1. The van der Waals surface area contributed by atoms with E-state index in [1.807, 2.05) is 0 Å². The number of nitro benzene ring substituents is 1. The molecule has 8 heteroatoms. The molecule has 0 fully saturated rings. The molecule has 21 heavy (non-hydrogen) atoms. The van der Waals surface area contributed by atoms with Crippen molar-refractivity contribution in [3.63, 3.8) is 0 Å². The lowest BCUT2D eigenvalue weighted by atomic mass is 10.1. The minimum Gasteiger partial charge on any atom is -0.382 e. The second-order valence-corrected chi connectivity index (χ2v) is 4.35. The third-order valence-corrected chi connectivity index (χ3v) is 3.06. The van der Waals surface area contributed by atoms with Gasteiger partial charge in [-0.1, -0.05) is 0 Å². The number of nitro groups is 1. The van der Waals surface area contributed by atoms with E-state index in [9.17, 15) is 19.7 Å².